The molecular formula is C17H23N3O3. The van der Waals surface area contributed by atoms with Crippen LogP contribution in [0.2, 0.25) is 0 Å². The highest BCUT2D eigenvalue weighted by atomic mass is 16.5. The number of ether oxygens (including phenoxy) is 1. The average Bonchev–Trinajstić information content (AvgIpc) is 2.99. The van der Waals surface area contributed by atoms with Gasteiger partial charge in [-0.15, -0.1) is 0 Å². The molecule has 2 rings (SSSR count). The Balaban J connectivity index is 2.25. The predicted molar refractivity (Wildman–Crippen MR) is 88.0 cm³/mol. The van der Waals surface area contributed by atoms with Gasteiger partial charge in [0.1, 0.15) is 0 Å². The highest BCUT2D eigenvalue weighted by Crippen LogP contribution is 2.20. The molecule has 0 bridgehead atoms. The Hall–Kier alpha value is -2.34. The highest BCUT2D eigenvalue weighted by molar-refractivity contribution is 5.95. The molecule has 0 fully saturated rings. The summed E-state index contributed by atoms with van der Waals surface area (Å²) in [6.07, 6.45) is 2.97. The molecule has 23 heavy (non-hydrogen) atoms. The van der Waals surface area contributed by atoms with Crippen molar-refractivity contribution in [3.63, 3.8) is 0 Å². The number of aromatic nitrogens is 2. The van der Waals surface area contributed by atoms with Gasteiger partial charge in [0.25, 0.3) is 5.91 Å². The molecule has 0 saturated heterocycles. The fourth-order valence-corrected chi connectivity index (χ4v) is 2.28. The van der Waals surface area contributed by atoms with Gasteiger partial charge in [0.05, 0.1) is 18.5 Å². The lowest BCUT2D eigenvalue weighted by molar-refractivity contribution is 0.0920. The third kappa shape index (κ3) is 4.32. The summed E-state index contributed by atoms with van der Waals surface area (Å²) in [5.74, 6) is 0.163. The molecule has 0 aliphatic rings. The second-order valence-corrected chi connectivity index (χ2v) is 5.15. The average molecular weight is 317 g/mol. The lowest BCUT2D eigenvalue weighted by atomic mass is 10.1. The lowest BCUT2D eigenvalue weighted by Crippen LogP contribution is -2.35. The van der Waals surface area contributed by atoms with Crippen molar-refractivity contribution >= 4 is 5.91 Å². The van der Waals surface area contributed by atoms with Gasteiger partial charge >= 0.3 is 0 Å². The number of nitrogens with one attached hydrogen (secondary N) is 1. The van der Waals surface area contributed by atoms with Crippen LogP contribution < -0.4 is 10.1 Å². The summed E-state index contributed by atoms with van der Waals surface area (Å²) in [6, 6.07) is 9.47. The number of para-hydroxylation sites is 1. The van der Waals surface area contributed by atoms with E-state index in [9.17, 15) is 4.79 Å². The molecule has 1 aromatic heterocycles. The van der Waals surface area contributed by atoms with E-state index in [4.69, 9.17) is 9.84 Å². The number of nitrogens with zero attached hydrogens (tertiary/aromatic N) is 2. The maximum atomic E-state index is 12.5. The molecule has 1 aromatic carbocycles. The van der Waals surface area contributed by atoms with E-state index < -0.39 is 0 Å². The maximum Gasteiger partial charge on any atom is 0.275 e. The molecular weight excluding hydrogens is 294 g/mol. The van der Waals surface area contributed by atoms with E-state index in [1.165, 1.54) is 0 Å². The normalized spacial score (nSPS) is 12.0. The van der Waals surface area contributed by atoms with Crippen molar-refractivity contribution < 1.29 is 14.6 Å². The van der Waals surface area contributed by atoms with E-state index in [0.717, 1.165) is 12.1 Å². The molecule has 0 saturated carbocycles. The topological polar surface area (TPSA) is 76.4 Å². The standard InChI is InChI=1S/C17H23N3O3/c1-3-13(10-11-21)18-17(22)16-15(23-4-2)12-20(19-16)14-8-6-5-7-9-14/h5-9,12-13,21H,3-4,10-11H2,1-2H3,(H,18,22). The van der Waals surface area contributed by atoms with Crippen molar-refractivity contribution in [1.82, 2.24) is 15.1 Å². The van der Waals surface area contributed by atoms with Gasteiger partial charge in [-0.25, -0.2) is 4.68 Å². The minimum absolute atomic E-state index is 0.0373. The number of hydrogen-bond acceptors (Lipinski definition) is 4. The summed E-state index contributed by atoms with van der Waals surface area (Å²) in [7, 11) is 0. The molecule has 124 valence electrons. The third-order valence-corrected chi connectivity index (χ3v) is 3.52. The van der Waals surface area contributed by atoms with Crippen molar-refractivity contribution in [2.24, 2.45) is 0 Å². The molecule has 6 heteroatoms. The molecule has 1 unspecified atom stereocenters. The summed E-state index contributed by atoms with van der Waals surface area (Å²) in [5.41, 5.74) is 1.11. The Morgan fingerprint density at radius 1 is 1.35 bits per heavy atom. The van der Waals surface area contributed by atoms with Crippen molar-refractivity contribution in [3.05, 3.63) is 42.2 Å². The summed E-state index contributed by atoms with van der Waals surface area (Å²) < 4.78 is 7.17. The van der Waals surface area contributed by atoms with Crippen LogP contribution in [0.15, 0.2) is 36.5 Å². The summed E-state index contributed by atoms with van der Waals surface area (Å²) in [4.78, 5) is 12.5. The molecule has 1 atom stereocenters. The molecule has 6 nitrogen and oxygen atoms in total. The van der Waals surface area contributed by atoms with Gasteiger partial charge in [-0.2, -0.15) is 5.10 Å². The second-order valence-electron chi connectivity index (χ2n) is 5.15. The first kappa shape index (κ1) is 17.0. The van der Waals surface area contributed by atoms with E-state index in [0.29, 0.717) is 18.8 Å². The van der Waals surface area contributed by atoms with Gasteiger partial charge in [-0.3, -0.25) is 4.79 Å². The number of aliphatic hydroxyl groups is 1. The summed E-state index contributed by atoms with van der Waals surface area (Å²) >= 11 is 0. The molecule has 0 radical (unpaired) electrons. The van der Waals surface area contributed by atoms with Crippen molar-refractivity contribution in [3.8, 4) is 11.4 Å². The van der Waals surface area contributed by atoms with Crippen molar-refractivity contribution in [1.29, 1.82) is 0 Å². The SMILES string of the molecule is CCOc1cn(-c2ccccc2)nc1C(=O)NC(CC)CCO. The van der Waals surface area contributed by atoms with Crippen LogP contribution in [0.5, 0.6) is 5.75 Å². The van der Waals surface area contributed by atoms with Gasteiger partial charge in [0.2, 0.25) is 0 Å². The van der Waals surface area contributed by atoms with Gasteiger partial charge < -0.3 is 15.2 Å². The van der Waals surface area contributed by atoms with Crippen LogP contribution in [0.1, 0.15) is 37.2 Å². The van der Waals surface area contributed by atoms with Crippen LogP contribution in [-0.2, 0) is 0 Å². The minimum Gasteiger partial charge on any atom is -0.490 e. The Bertz CT molecular complexity index is 625. The van der Waals surface area contributed by atoms with E-state index in [1.807, 2.05) is 44.2 Å². The summed E-state index contributed by atoms with van der Waals surface area (Å²) in [5, 5.41) is 16.3. The van der Waals surface area contributed by atoms with Crippen LogP contribution >= 0.6 is 0 Å². The van der Waals surface area contributed by atoms with E-state index in [2.05, 4.69) is 10.4 Å². The molecule has 0 aliphatic carbocycles. The first-order valence-corrected chi connectivity index (χ1v) is 7.89. The van der Waals surface area contributed by atoms with E-state index in [-0.39, 0.29) is 24.2 Å². The zero-order valence-corrected chi connectivity index (χ0v) is 13.5. The van der Waals surface area contributed by atoms with Crippen molar-refractivity contribution in [2.75, 3.05) is 13.2 Å². The third-order valence-electron chi connectivity index (χ3n) is 3.52. The van der Waals surface area contributed by atoms with Crippen LogP contribution in [0.4, 0.5) is 0 Å². The maximum absolute atomic E-state index is 12.5. The van der Waals surface area contributed by atoms with Gasteiger partial charge in [0, 0.05) is 12.6 Å². The highest BCUT2D eigenvalue weighted by Gasteiger charge is 2.21. The summed E-state index contributed by atoms with van der Waals surface area (Å²) in [6.45, 7) is 4.32. The zero-order chi connectivity index (χ0) is 16.7. The Morgan fingerprint density at radius 3 is 2.70 bits per heavy atom. The van der Waals surface area contributed by atoms with E-state index in [1.54, 1.807) is 10.9 Å². The van der Waals surface area contributed by atoms with Crippen LogP contribution in [-0.4, -0.2) is 40.0 Å². The first-order valence-electron chi connectivity index (χ1n) is 7.89. The smallest absolute Gasteiger partial charge is 0.275 e. The molecule has 0 spiro atoms. The largest absolute Gasteiger partial charge is 0.490 e. The number of carbonyl (C=O) groups is 1. The van der Waals surface area contributed by atoms with Gasteiger partial charge in [-0.05, 0) is 31.9 Å². The van der Waals surface area contributed by atoms with Gasteiger partial charge in [-0.1, -0.05) is 25.1 Å². The Labute approximate surface area is 136 Å². The van der Waals surface area contributed by atoms with Crippen LogP contribution in [0.25, 0.3) is 5.69 Å². The number of aliphatic hydroxyl groups excluding tert-OH is 1. The van der Waals surface area contributed by atoms with Gasteiger partial charge in [0.15, 0.2) is 11.4 Å². The number of benzene rings is 1. The number of hydrogen-bond donors (Lipinski definition) is 2. The monoisotopic (exact) mass is 317 g/mol. The second kappa shape index (κ2) is 8.33. The fourth-order valence-electron chi connectivity index (χ4n) is 2.28. The van der Waals surface area contributed by atoms with Crippen LogP contribution in [0.3, 0.4) is 0 Å². The van der Waals surface area contributed by atoms with Crippen LogP contribution in [0, 0.1) is 0 Å². The quantitative estimate of drug-likeness (QED) is 0.782. The zero-order valence-electron chi connectivity index (χ0n) is 13.5. The lowest BCUT2D eigenvalue weighted by Gasteiger charge is -2.15. The number of amides is 1. The Kier molecular flexibility index (Phi) is 6.17. The predicted octanol–water partition coefficient (Wildman–Crippen LogP) is 2.16. The van der Waals surface area contributed by atoms with Crippen molar-refractivity contribution in [2.45, 2.75) is 32.7 Å². The van der Waals surface area contributed by atoms with E-state index >= 15 is 0 Å². The first-order chi connectivity index (χ1) is 11.2. The molecule has 2 aromatic rings. The minimum atomic E-state index is -0.288. The number of rotatable bonds is 8. The molecule has 0 aliphatic heterocycles. The fraction of sp³-hybridized carbons (Fsp3) is 0.412. The number of carbonyl (C=O) groups excluding carboxylic acids is 1. The molecule has 2 N–H and O–H groups in total. The molecule has 1 heterocycles. The molecule has 1 amide bonds. The Morgan fingerprint density at radius 2 is 2.09 bits per heavy atom.